The quantitative estimate of drug-likeness (QED) is 0.911. The van der Waals surface area contributed by atoms with Gasteiger partial charge in [-0.3, -0.25) is 4.79 Å². The normalized spacial score (nSPS) is 24.1. The molecule has 2 rings (SSSR count). The van der Waals surface area contributed by atoms with Gasteiger partial charge in [0.2, 0.25) is 0 Å². The molecule has 100 valence electrons. The Morgan fingerprint density at radius 3 is 3.11 bits per heavy atom. The van der Waals surface area contributed by atoms with Gasteiger partial charge in [0.15, 0.2) is 0 Å². The molecule has 2 heterocycles. The van der Waals surface area contributed by atoms with E-state index >= 15 is 0 Å². The van der Waals surface area contributed by atoms with E-state index in [0.717, 1.165) is 19.4 Å². The number of thiophene rings is 1. The summed E-state index contributed by atoms with van der Waals surface area (Å²) in [7, 11) is 1.60. The molecule has 2 N–H and O–H groups in total. The predicted molar refractivity (Wildman–Crippen MR) is 73.1 cm³/mol. The molecule has 1 fully saturated rings. The fourth-order valence-electron chi connectivity index (χ4n) is 2.61. The van der Waals surface area contributed by atoms with E-state index in [4.69, 9.17) is 10.5 Å². The lowest BCUT2D eigenvalue weighted by molar-refractivity contribution is 0.0534. The number of likely N-dealkylation sites (tertiary alicyclic amines) is 1. The Bertz CT molecular complexity index is 419. The van der Waals surface area contributed by atoms with Crippen molar-refractivity contribution in [1.82, 2.24) is 4.90 Å². The highest BCUT2D eigenvalue weighted by Gasteiger charge is 2.32. The maximum atomic E-state index is 12.6. The minimum atomic E-state index is 0.0591. The molecule has 0 radical (unpaired) electrons. The van der Waals surface area contributed by atoms with Crippen LogP contribution in [0.3, 0.4) is 0 Å². The van der Waals surface area contributed by atoms with Crippen molar-refractivity contribution in [2.75, 3.05) is 20.2 Å². The second-order valence-corrected chi connectivity index (χ2v) is 5.66. The zero-order valence-corrected chi connectivity index (χ0v) is 11.7. The molecule has 2 atom stereocenters. The molecule has 1 aromatic heterocycles. The van der Waals surface area contributed by atoms with Gasteiger partial charge in [0, 0.05) is 19.1 Å². The van der Waals surface area contributed by atoms with Crippen LogP contribution in [-0.4, -0.2) is 37.0 Å². The summed E-state index contributed by atoms with van der Waals surface area (Å²) in [5, 5.41) is 1.89. The van der Waals surface area contributed by atoms with E-state index in [1.54, 1.807) is 7.11 Å². The largest absolute Gasteiger partial charge is 0.495 e. The summed E-state index contributed by atoms with van der Waals surface area (Å²) in [6.45, 7) is 3.50. The molecule has 0 aliphatic carbocycles. The Labute approximate surface area is 112 Å². The first-order chi connectivity index (χ1) is 8.69. The van der Waals surface area contributed by atoms with Crippen LogP contribution in [-0.2, 0) is 0 Å². The summed E-state index contributed by atoms with van der Waals surface area (Å²) in [4.78, 5) is 15.2. The Morgan fingerprint density at radius 1 is 1.67 bits per heavy atom. The van der Waals surface area contributed by atoms with Crippen LogP contribution in [0.4, 0.5) is 0 Å². The molecule has 0 saturated carbocycles. The summed E-state index contributed by atoms with van der Waals surface area (Å²) in [5.74, 6) is 1.20. The Hall–Kier alpha value is -1.07. The highest BCUT2D eigenvalue weighted by atomic mass is 32.1. The van der Waals surface area contributed by atoms with Crippen LogP contribution in [0.15, 0.2) is 11.4 Å². The maximum Gasteiger partial charge on any atom is 0.268 e. The predicted octanol–water partition coefficient (Wildman–Crippen LogP) is 1.96. The molecular weight excluding hydrogens is 248 g/mol. The number of nitrogens with zero attached hydrogens (tertiary/aromatic N) is 1. The fourth-order valence-corrected chi connectivity index (χ4v) is 3.42. The Balaban J connectivity index is 2.21. The summed E-state index contributed by atoms with van der Waals surface area (Å²) in [6, 6.07) is 1.99. The van der Waals surface area contributed by atoms with Gasteiger partial charge in [0.25, 0.3) is 5.91 Å². The lowest BCUT2D eigenvalue weighted by Gasteiger charge is -2.39. The number of nitrogens with two attached hydrogens (primary N) is 1. The third-order valence-electron chi connectivity index (χ3n) is 3.66. The molecule has 1 aromatic rings. The van der Waals surface area contributed by atoms with Gasteiger partial charge in [0.1, 0.15) is 10.6 Å². The van der Waals surface area contributed by atoms with E-state index in [2.05, 4.69) is 6.92 Å². The van der Waals surface area contributed by atoms with E-state index < -0.39 is 0 Å². The SMILES string of the molecule is COc1ccsc1C(=O)N1CCC[C@@H](C)[C@@H]1CN. The lowest BCUT2D eigenvalue weighted by Crippen LogP contribution is -2.51. The van der Waals surface area contributed by atoms with E-state index in [1.165, 1.54) is 11.3 Å². The number of rotatable bonds is 3. The number of hydrogen-bond donors (Lipinski definition) is 1. The number of carbonyl (C=O) groups is 1. The Morgan fingerprint density at radius 2 is 2.44 bits per heavy atom. The average molecular weight is 268 g/mol. The van der Waals surface area contributed by atoms with Crippen LogP contribution >= 0.6 is 11.3 Å². The summed E-state index contributed by atoms with van der Waals surface area (Å²) < 4.78 is 5.22. The number of ether oxygens (including phenoxy) is 1. The standard InChI is InChI=1S/C13H20N2O2S/c1-9-4-3-6-15(10(9)8-14)13(16)12-11(17-2)5-7-18-12/h5,7,9-10H,3-4,6,8,14H2,1-2H3/t9-,10+/m1/s1. The molecule has 4 nitrogen and oxygen atoms in total. The highest BCUT2D eigenvalue weighted by molar-refractivity contribution is 7.12. The van der Waals surface area contributed by atoms with Gasteiger partial charge in [-0.2, -0.15) is 0 Å². The minimum absolute atomic E-state index is 0.0591. The van der Waals surface area contributed by atoms with Gasteiger partial charge in [-0.05, 0) is 30.2 Å². The second-order valence-electron chi connectivity index (χ2n) is 4.74. The summed E-state index contributed by atoms with van der Waals surface area (Å²) in [5.41, 5.74) is 5.82. The zero-order chi connectivity index (χ0) is 13.1. The summed E-state index contributed by atoms with van der Waals surface area (Å²) in [6.07, 6.45) is 2.20. The first-order valence-corrected chi connectivity index (χ1v) is 7.19. The zero-order valence-electron chi connectivity index (χ0n) is 10.9. The maximum absolute atomic E-state index is 12.6. The molecule has 5 heteroatoms. The van der Waals surface area contributed by atoms with Crippen LogP contribution in [0.25, 0.3) is 0 Å². The van der Waals surface area contributed by atoms with Crippen LogP contribution in [0.5, 0.6) is 5.75 Å². The van der Waals surface area contributed by atoms with Crippen LogP contribution < -0.4 is 10.5 Å². The van der Waals surface area contributed by atoms with Gasteiger partial charge >= 0.3 is 0 Å². The van der Waals surface area contributed by atoms with Crippen molar-refractivity contribution in [3.05, 3.63) is 16.3 Å². The van der Waals surface area contributed by atoms with Crippen LogP contribution in [0.2, 0.25) is 0 Å². The van der Waals surface area contributed by atoms with Crippen molar-refractivity contribution >= 4 is 17.2 Å². The molecule has 1 saturated heterocycles. The van der Waals surface area contributed by atoms with Crippen molar-refractivity contribution in [1.29, 1.82) is 0 Å². The lowest BCUT2D eigenvalue weighted by atomic mass is 9.90. The second kappa shape index (κ2) is 5.71. The molecule has 0 unspecified atom stereocenters. The molecule has 1 aliphatic rings. The monoisotopic (exact) mass is 268 g/mol. The first-order valence-electron chi connectivity index (χ1n) is 6.31. The highest BCUT2D eigenvalue weighted by Crippen LogP contribution is 2.30. The van der Waals surface area contributed by atoms with Crippen molar-refractivity contribution in [3.8, 4) is 5.75 Å². The molecule has 18 heavy (non-hydrogen) atoms. The van der Waals surface area contributed by atoms with E-state index in [0.29, 0.717) is 23.1 Å². The van der Waals surface area contributed by atoms with Crippen molar-refractivity contribution in [2.45, 2.75) is 25.8 Å². The third-order valence-corrected chi connectivity index (χ3v) is 4.54. The van der Waals surface area contributed by atoms with Crippen molar-refractivity contribution < 1.29 is 9.53 Å². The first kappa shape index (κ1) is 13.4. The molecule has 0 spiro atoms. The molecular formula is C13H20N2O2S. The minimum Gasteiger partial charge on any atom is -0.495 e. The van der Waals surface area contributed by atoms with Crippen LogP contribution in [0, 0.1) is 5.92 Å². The van der Waals surface area contributed by atoms with E-state index in [1.807, 2.05) is 16.3 Å². The number of amides is 1. The Kier molecular flexibility index (Phi) is 4.24. The number of piperidine rings is 1. The van der Waals surface area contributed by atoms with Crippen LogP contribution in [0.1, 0.15) is 29.4 Å². The van der Waals surface area contributed by atoms with Gasteiger partial charge in [-0.1, -0.05) is 6.92 Å². The van der Waals surface area contributed by atoms with E-state index in [-0.39, 0.29) is 11.9 Å². The summed E-state index contributed by atoms with van der Waals surface area (Å²) >= 11 is 1.43. The number of carbonyl (C=O) groups excluding carboxylic acids is 1. The molecule has 1 amide bonds. The van der Waals surface area contributed by atoms with Gasteiger partial charge < -0.3 is 15.4 Å². The fraction of sp³-hybridized carbons (Fsp3) is 0.615. The molecule has 1 aliphatic heterocycles. The molecule has 0 aromatic carbocycles. The topological polar surface area (TPSA) is 55.6 Å². The van der Waals surface area contributed by atoms with Gasteiger partial charge in [0.05, 0.1) is 7.11 Å². The third kappa shape index (κ3) is 2.37. The smallest absolute Gasteiger partial charge is 0.268 e. The average Bonchev–Trinajstić information content (AvgIpc) is 2.85. The van der Waals surface area contributed by atoms with Crippen molar-refractivity contribution in [2.24, 2.45) is 11.7 Å². The van der Waals surface area contributed by atoms with E-state index in [9.17, 15) is 4.79 Å². The number of methoxy groups -OCH3 is 1. The van der Waals surface area contributed by atoms with Gasteiger partial charge in [-0.15, -0.1) is 11.3 Å². The molecule has 0 bridgehead atoms. The van der Waals surface area contributed by atoms with Gasteiger partial charge in [-0.25, -0.2) is 0 Å². The van der Waals surface area contributed by atoms with Crippen molar-refractivity contribution in [3.63, 3.8) is 0 Å². The number of hydrogen-bond acceptors (Lipinski definition) is 4.